The van der Waals surface area contributed by atoms with Crippen LogP contribution in [-0.2, 0) is 4.74 Å². The van der Waals surface area contributed by atoms with Crippen LogP contribution in [0.5, 0.6) is 5.88 Å². The molecule has 2 N–H and O–H groups in total. The van der Waals surface area contributed by atoms with Gasteiger partial charge in [-0.1, -0.05) is 19.3 Å². The lowest BCUT2D eigenvalue weighted by Gasteiger charge is -2.35. The van der Waals surface area contributed by atoms with Crippen LogP contribution in [-0.4, -0.2) is 42.4 Å². The number of nitrogens with zero attached hydrogens (tertiary/aromatic N) is 1. The molecule has 1 unspecified atom stereocenters. The minimum absolute atomic E-state index is 0.208. The van der Waals surface area contributed by atoms with E-state index in [1.807, 2.05) is 6.92 Å². The molecule has 0 aromatic carbocycles. The summed E-state index contributed by atoms with van der Waals surface area (Å²) < 4.78 is 9.84. The number of carbonyl (C=O) groups is 1. The summed E-state index contributed by atoms with van der Waals surface area (Å²) in [7, 11) is 2.77. The van der Waals surface area contributed by atoms with Crippen LogP contribution in [0.2, 0.25) is 0 Å². The van der Waals surface area contributed by atoms with Gasteiger partial charge in [0.05, 0.1) is 19.8 Å². The molecule has 1 atom stereocenters. The molecule has 23 heavy (non-hydrogen) atoms. The van der Waals surface area contributed by atoms with E-state index < -0.39 is 11.6 Å². The molecule has 1 aromatic heterocycles. The van der Waals surface area contributed by atoms with Crippen molar-refractivity contribution >= 4 is 11.8 Å². The molecule has 128 valence electrons. The molecule has 2 rings (SSSR count). The smallest absolute Gasteiger partial charge is 0.343 e. The number of rotatable bonds is 6. The molecule has 1 aromatic rings. The summed E-state index contributed by atoms with van der Waals surface area (Å²) in [5.74, 6) is 0.583. The van der Waals surface area contributed by atoms with Crippen LogP contribution in [0.4, 0.5) is 5.82 Å². The molecule has 0 radical (unpaired) electrons. The SMILES string of the molecule is COC(=O)c1ccc(NCC(C)(O)C2CCCCC2)nc1OC. The number of carbonyl (C=O) groups excluding carboxylic acids is 1. The van der Waals surface area contributed by atoms with Gasteiger partial charge < -0.3 is 19.9 Å². The van der Waals surface area contributed by atoms with Gasteiger partial charge in [0.1, 0.15) is 11.4 Å². The number of hydrogen-bond acceptors (Lipinski definition) is 6. The van der Waals surface area contributed by atoms with Gasteiger partial charge in [-0.3, -0.25) is 0 Å². The van der Waals surface area contributed by atoms with E-state index in [9.17, 15) is 9.90 Å². The predicted octanol–water partition coefficient (Wildman–Crippen LogP) is 2.62. The summed E-state index contributed by atoms with van der Waals surface area (Å²) in [6.07, 6.45) is 5.74. The Morgan fingerprint density at radius 3 is 2.65 bits per heavy atom. The molecular weight excluding hydrogens is 296 g/mol. The van der Waals surface area contributed by atoms with E-state index in [1.165, 1.54) is 33.5 Å². The number of pyridine rings is 1. The average Bonchev–Trinajstić information content (AvgIpc) is 2.59. The van der Waals surface area contributed by atoms with Crippen LogP contribution in [0, 0.1) is 5.92 Å². The van der Waals surface area contributed by atoms with E-state index in [1.54, 1.807) is 12.1 Å². The molecule has 6 heteroatoms. The number of aliphatic hydroxyl groups is 1. The minimum Gasteiger partial charge on any atom is -0.480 e. The van der Waals surface area contributed by atoms with Crippen LogP contribution in [0.3, 0.4) is 0 Å². The number of methoxy groups -OCH3 is 2. The third kappa shape index (κ3) is 4.34. The van der Waals surface area contributed by atoms with Gasteiger partial charge in [0.15, 0.2) is 0 Å². The fourth-order valence-electron chi connectivity index (χ4n) is 3.10. The van der Waals surface area contributed by atoms with Gasteiger partial charge in [-0.25, -0.2) is 4.79 Å². The Morgan fingerprint density at radius 1 is 1.35 bits per heavy atom. The Kier molecular flexibility index (Phi) is 5.82. The Morgan fingerprint density at radius 2 is 2.04 bits per heavy atom. The van der Waals surface area contributed by atoms with Crippen molar-refractivity contribution in [3.63, 3.8) is 0 Å². The maximum Gasteiger partial charge on any atom is 0.343 e. The molecule has 1 heterocycles. The van der Waals surface area contributed by atoms with Crippen molar-refractivity contribution in [1.29, 1.82) is 0 Å². The molecule has 1 aliphatic rings. The van der Waals surface area contributed by atoms with Gasteiger partial charge in [0, 0.05) is 6.54 Å². The maximum atomic E-state index is 11.6. The first-order valence-corrected chi connectivity index (χ1v) is 8.07. The number of ether oxygens (including phenoxy) is 2. The van der Waals surface area contributed by atoms with Crippen molar-refractivity contribution in [3.8, 4) is 5.88 Å². The predicted molar refractivity (Wildman–Crippen MR) is 87.8 cm³/mol. The van der Waals surface area contributed by atoms with Crippen molar-refractivity contribution in [2.75, 3.05) is 26.1 Å². The molecular formula is C17H26N2O4. The highest BCUT2D eigenvalue weighted by atomic mass is 16.5. The largest absolute Gasteiger partial charge is 0.480 e. The van der Waals surface area contributed by atoms with Crippen LogP contribution in [0.25, 0.3) is 0 Å². The van der Waals surface area contributed by atoms with Crippen molar-refractivity contribution in [2.24, 2.45) is 5.92 Å². The third-order valence-corrected chi connectivity index (χ3v) is 4.57. The molecule has 1 fully saturated rings. The third-order valence-electron chi connectivity index (χ3n) is 4.57. The summed E-state index contributed by atoms with van der Waals surface area (Å²) in [5, 5.41) is 13.9. The highest BCUT2D eigenvalue weighted by Gasteiger charge is 2.32. The number of hydrogen-bond donors (Lipinski definition) is 2. The monoisotopic (exact) mass is 322 g/mol. The number of aromatic nitrogens is 1. The van der Waals surface area contributed by atoms with Gasteiger partial charge >= 0.3 is 5.97 Å². The summed E-state index contributed by atoms with van der Waals surface area (Å²) in [6.45, 7) is 2.28. The lowest BCUT2D eigenvalue weighted by Crippen LogP contribution is -2.42. The molecule has 0 amide bonds. The van der Waals surface area contributed by atoms with E-state index in [-0.39, 0.29) is 11.4 Å². The Bertz CT molecular complexity index is 539. The van der Waals surface area contributed by atoms with E-state index >= 15 is 0 Å². The quantitative estimate of drug-likeness (QED) is 0.784. The maximum absolute atomic E-state index is 11.6. The molecule has 0 bridgehead atoms. The highest BCUT2D eigenvalue weighted by Crippen LogP contribution is 2.32. The van der Waals surface area contributed by atoms with Gasteiger partial charge in [0.25, 0.3) is 0 Å². The second-order valence-electron chi connectivity index (χ2n) is 6.29. The Balaban J connectivity index is 2.03. The summed E-state index contributed by atoms with van der Waals surface area (Å²) >= 11 is 0. The molecule has 1 aliphatic carbocycles. The zero-order chi connectivity index (χ0) is 16.9. The number of nitrogens with one attached hydrogen (secondary N) is 1. The van der Waals surface area contributed by atoms with Crippen LogP contribution in [0.15, 0.2) is 12.1 Å². The fourth-order valence-corrected chi connectivity index (χ4v) is 3.10. The van der Waals surface area contributed by atoms with Gasteiger partial charge in [-0.2, -0.15) is 4.98 Å². The molecule has 0 aliphatic heterocycles. The first kappa shape index (κ1) is 17.5. The second-order valence-corrected chi connectivity index (χ2v) is 6.29. The standard InChI is InChI=1S/C17H26N2O4/c1-17(21,12-7-5-4-6-8-12)11-18-14-10-9-13(16(20)23-3)15(19-14)22-2/h9-10,12,21H,4-8,11H2,1-3H3,(H,18,19). The van der Waals surface area contributed by atoms with Crippen molar-refractivity contribution in [2.45, 2.75) is 44.6 Å². The fraction of sp³-hybridized carbons (Fsp3) is 0.647. The van der Waals surface area contributed by atoms with Gasteiger partial charge in [0.2, 0.25) is 5.88 Å². The van der Waals surface area contributed by atoms with Gasteiger partial charge in [-0.05, 0) is 37.8 Å². The van der Waals surface area contributed by atoms with Crippen LogP contribution >= 0.6 is 0 Å². The van der Waals surface area contributed by atoms with E-state index in [4.69, 9.17) is 9.47 Å². The Hall–Kier alpha value is -1.82. The van der Waals surface area contributed by atoms with Crippen molar-refractivity contribution in [1.82, 2.24) is 4.98 Å². The first-order valence-electron chi connectivity index (χ1n) is 8.07. The molecule has 1 saturated carbocycles. The van der Waals surface area contributed by atoms with Crippen LogP contribution in [0.1, 0.15) is 49.4 Å². The topological polar surface area (TPSA) is 80.7 Å². The zero-order valence-corrected chi connectivity index (χ0v) is 14.1. The minimum atomic E-state index is -0.781. The normalized spacial score (nSPS) is 18.1. The summed E-state index contributed by atoms with van der Waals surface area (Å²) in [5.41, 5.74) is -0.504. The van der Waals surface area contributed by atoms with E-state index in [0.717, 1.165) is 12.8 Å². The van der Waals surface area contributed by atoms with Crippen molar-refractivity contribution in [3.05, 3.63) is 17.7 Å². The first-order chi connectivity index (χ1) is 11.0. The van der Waals surface area contributed by atoms with E-state index in [0.29, 0.717) is 18.3 Å². The Labute approximate surface area is 137 Å². The molecule has 0 spiro atoms. The van der Waals surface area contributed by atoms with Gasteiger partial charge in [-0.15, -0.1) is 0 Å². The van der Waals surface area contributed by atoms with Crippen molar-refractivity contribution < 1.29 is 19.4 Å². The number of anilines is 1. The lowest BCUT2D eigenvalue weighted by molar-refractivity contribution is -0.00452. The summed E-state index contributed by atoms with van der Waals surface area (Å²) in [4.78, 5) is 15.9. The second kappa shape index (κ2) is 7.64. The lowest BCUT2D eigenvalue weighted by atomic mass is 9.78. The molecule has 6 nitrogen and oxygen atoms in total. The van der Waals surface area contributed by atoms with E-state index in [2.05, 4.69) is 10.3 Å². The zero-order valence-electron chi connectivity index (χ0n) is 14.1. The van der Waals surface area contributed by atoms with Crippen LogP contribution < -0.4 is 10.1 Å². The molecule has 0 saturated heterocycles. The summed E-state index contributed by atoms with van der Waals surface area (Å²) in [6, 6.07) is 3.29. The highest BCUT2D eigenvalue weighted by molar-refractivity contribution is 5.92. The number of esters is 1. The average molecular weight is 322 g/mol.